The maximum atomic E-state index is 14.6. The predicted molar refractivity (Wildman–Crippen MR) is 149 cm³/mol. The predicted octanol–water partition coefficient (Wildman–Crippen LogP) is 3.41. The minimum Gasteiger partial charge on any atom is -0.394 e. The Bertz CT molecular complexity index is 1120. The van der Waals surface area contributed by atoms with E-state index in [1.807, 2.05) is 59.2 Å². The number of benzene rings is 1. The first-order valence-corrected chi connectivity index (χ1v) is 14.9. The first-order chi connectivity index (χ1) is 18.4. The van der Waals surface area contributed by atoms with E-state index in [0.717, 1.165) is 24.8 Å². The van der Waals surface area contributed by atoms with Gasteiger partial charge in [-0.1, -0.05) is 74.9 Å². The molecule has 2 saturated heterocycles. The average Bonchev–Trinajstić information content (AvgIpc) is 3.23. The third kappa shape index (κ3) is 4.20. The molecule has 1 N–H and O–H groups in total. The van der Waals surface area contributed by atoms with Gasteiger partial charge in [0.25, 0.3) is 0 Å². The third-order valence-corrected chi connectivity index (χ3v) is 10.4. The van der Waals surface area contributed by atoms with Crippen LogP contribution in [0.2, 0.25) is 0 Å². The number of fused-ring (bicyclic) bond motifs is 2. The normalized spacial score (nSPS) is 32.1. The summed E-state index contributed by atoms with van der Waals surface area (Å²) in [6.07, 6.45) is 10.9. The van der Waals surface area contributed by atoms with Gasteiger partial charge in [0.15, 0.2) is 0 Å². The third-order valence-electron chi connectivity index (χ3n) is 8.64. The highest BCUT2D eigenvalue weighted by atomic mass is 32.2. The molecule has 1 aromatic rings. The molecule has 8 heteroatoms. The molecule has 1 spiro atoms. The Kier molecular flexibility index (Phi) is 7.74. The van der Waals surface area contributed by atoms with Crippen molar-refractivity contribution in [1.82, 2.24) is 14.7 Å². The second-order valence-electron chi connectivity index (χ2n) is 10.9. The average molecular weight is 538 g/mol. The van der Waals surface area contributed by atoms with Crippen LogP contribution in [0.15, 0.2) is 54.6 Å². The van der Waals surface area contributed by atoms with Gasteiger partial charge in [-0.3, -0.25) is 14.4 Å². The molecule has 7 nitrogen and oxygen atoms in total. The Morgan fingerprint density at radius 1 is 1.03 bits per heavy atom. The summed E-state index contributed by atoms with van der Waals surface area (Å²) in [4.78, 5) is 48.4. The van der Waals surface area contributed by atoms with Gasteiger partial charge in [0.2, 0.25) is 17.7 Å². The van der Waals surface area contributed by atoms with Gasteiger partial charge in [0.05, 0.1) is 29.2 Å². The van der Waals surface area contributed by atoms with Crippen molar-refractivity contribution in [3.8, 4) is 0 Å². The number of amides is 3. The molecule has 3 amide bonds. The highest BCUT2D eigenvalue weighted by Crippen LogP contribution is 2.62. The molecule has 0 bridgehead atoms. The second kappa shape index (κ2) is 10.9. The van der Waals surface area contributed by atoms with E-state index in [9.17, 15) is 19.5 Å². The number of likely N-dealkylation sites (tertiary alicyclic amines) is 1. The summed E-state index contributed by atoms with van der Waals surface area (Å²) in [6, 6.07) is 7.99. The number of carbonyl (C=O) groups excluding carboxylic acids is 3. The highest BCUT2D eigenvalue weighted by Gasteiger charge is 2.71. The quantitative estimate of drug-likeness (QED) is 0.514. The fourth-order valence-electron chi connectivity index (χ4n) is 6.95. The lowest BCUT2D eigenvalue weighted by molar-refractivity contribution is -0.147. The molecule has 7 atom stereocenters. The maximum Gasteiger partial charge on any atom is 0.247 e. The Morgan fingerprint density at radius 2 is 1.79 bits per heavy atom. The van der Waals surface area contributed by atoms with Crippen LogP contribution in [0.25, 0.3) is 0 Å². The van der Waals surface area contributed by atoms with Crippen molar-refractivity contribution in [2.45, 2.75) is 68.2 Å². The molecule has 2 fully saturated rings. The van der Waals surface area contributed by atoms with E-state index in [-0.39, 0.29) is 35.6 Å². The second-order valence-corrected chi connectivity index (χ2v) is 12.4. The summed E-state index contributed by atoms with van der Waals surface area (Å²) in [7, 11) is 0. The fourth-order valence-corrected chi connectivity index (χ4v) is 8.95. The van der Waals surface area contributed by atoms with Gasteiger partial charge in [0, 0.05) is 30.9 Å². The van der Waals surface area contributed by atoms with Crippen LogP contribution in [0.4, 0.5) is 0 Å². The summed E-state index contributed by atoms with van der Waals surface area (Å²) in [6.45, 7) is 7.57. The minimum atomic E-state index is -0.873. The molecule has 0 saturated carbocycles. The van der Waals surface area contributed by atoms with Gasteiger partial charge in [-0.25, -0.2) is 0 Å². The number of aliphatic hydroxyl groups excluding tert-OH is 1. The Morgan fingerprint density at radius 3 is 2.47 bits per heavy atom. The summed E-state index contributed by atoms with van der Waals surface area (Å²) < 4.78 is -0.873. The topological polar surface area (TPSA) is 81.2 Å². The molecule has 0 aromatic heterocycles. The van der Waals surface area contributed by atoms with Crippen LogP contribution in [-0.2, 0) is 14.4 Å². The zero-order valence-electron chi connectivity index (χ0n) is 22.5. The largest absolute Gasteiger partial charge is 0.394 e. The molecule has 4 aliphatic heterocycles. The lowest BCUT2D eigenvalue weighted by atomic mass is 9.78. The van der Waals surface area contributed by atoms with Crippen molar-refractivity contribution in [3.05, 3.63) is 60.2 Å². The van der Waals surface area contributed by atoms with E-state index < -0.39 is 28.7 Å². The van der Waals surface area contributed by atoms with Gasteiger partial charge < -0.3 is 19.8 Å². The SMILES string of the molecule is CCCC(C)N1CC=C[C@]23S[C@@H]4C=CCN(CCC)C(=O)[C@@H]4[C@H]2C(=O)N([C@H](CO)c2ccccc2)C3C1=O. The van der Waals surface area contributed by atoms with Crippen LogP contribution in [0.5, 0.6) is 0 Å². The van der Waals surface area contributed by atoms with E-state index in [2.05, 4.69) is 26.0 Å². The van der Waals surface area contributed by atoms with Crippen molar-refractivity contribution in [2.75, 3.05) is 26.2 Å². The number of hydrogen-bond acceptors (Lipinski definition) is 5. The summed E-state index contributed by atoms with van der Waals surface area (Å²) >= 11 is 1.60. The zero-order chi connectivity index (χ0) is 27.0. The lowest BCUT2D eigenvalue weighted by Crippen LogP contribution is -2.55. The molecule has 0 aliphatic carbocycles. The molecule has 4 aliphatic rings. The monoisotopic (exact) mass is 537 g/mol. The Hall–Kier alpha value is -2.58. The first kappa shape index (κ1) is 27.0. The summed E-state index contributed by atoms with van der Waals surface area (Å²) in [5, 5.41) is 10.5. The Labute approximate surface area is 229 Å². The number of aliphatic hydroxyl groups is 1. The summed E-state index contributed by atoms with van der Waals surface area (Å²) in [5.74, 6) is -1.52. The molecule has 38 heavy (non-hydrogen) atoms. The van der Waals surface area contributed by atoms with Crippen LogP contribution in [-0.4, -0.2) is 85.8 Å². The van der Waals surface area contributed by atoms with Crippen LogP contribution in [0, 0.1) is 11.8 Å². The molecule has 4 heterocycles. The van der Waals surface area contributed by atoms with Crippen LogP contribution >= 0.6 is 11.8 Å². The van der Waals surface area contributed by atoms with Crippen LogP contribution in [0.1, 0.15) is 51.6 Å². The summed E-state index contributed by atoms with van der Waals surface area (Å²) in [5.41, 5.74) is 0.786. The smallest absolute Gasteiger partial charge is 0.247 e. The fraction of sp³-hybridized carbons (Fsp3) is 0.567. The van der Waals surface area contributed by atoms with Crippen molar-refractivity contribution in [3.63, 3.8) is 0 Å². The van der Waals surface area contributed by atoms with Crippen molar-refractivity contribution in [2.24, 2.45) is 11.8 Å². The molecule has 5 rings (SSSR count). The van der Waals surface area contributed by atoms with E-state index in [1.165, 1.54) is 0 Å². The van der Waals surface area contributed by atoms with Gasteiger partial charge >= 0.3 is 0 Å². The molecular weight excluding hydrogens is 498 g/mol. The molecular formula is C30H39N3O4S. The van der Waals surface area contributed by atoms with E-state index in [0.29, 0.717) is 19.6 Å². The van der Waals surface area contributed by atoms with Gasteiger partial charge in [-0.2, -0.15) is 0 Å². The number of nitrogens with zero attached hydrogens (tertiary/aromatic N) is 3. The molecule has 0 radical (unpaired) electrons. The van der Waals surface area contributed by atoms with E-state index in [1.54, 1.807) is 16.7 Å². The molecule has 1 aromatic carbocycles. The highest BCUT2D eigenvalue weighted by molar-refractivity contribution is 8.02. The molecule has 2 unspecified atom stereocenters. The van der Waals surface area contributed by atoms with Crippen LogP contribution in [0.3, 0.4) is 0 Å². The van der Waals surface area contributed by atoms with Gasteiger partial charge in [0.1, 0.15) is 6.04 Å². The number of carbonyl (C=O) groups is 3. The maximum absolute atomic E-state index is 14.6. The Balaban J connectivity index is 1.65. The van der Waals surface area contributed by atoms with Crippen LogP contribution < -0.4 is 0 Å². The van der Waals surface area contributed by atoms with E-state index in [4.69, 9.17) is 0 Å². The van der Waals surface area contributed by atoms with Crippen molar-refractivity contribution < 1.29 is 19.5 Å². The number of hydrogen-bond donors (Lipinski definition) is 1. The van der Waals surface area contributed by atoms with Crippen molar-refractivity contribution >= 4 is 29.5 Å². The standard InChI is InChI=1S/C30H39N3O4S/c1-4-11-20(3)32-18-10-15-30-25(24-23(38-30)14-9-17-31(16-5-2)27(24)35)28(36)33(26(30)29(32)37)22(19-34)21-12-7-6-8-13-21/h6-10,12-15,20,22-26,34H,4-5,11,16-19H2,1-3H3/t20?,22-,23-,24+,25+,26?,30+/m1/s1. The lowest BCUT2D eigenvalue weighted by Gasteiger charge is -2.40. The van der Waals surface area contributed by atoms with Crippen molar-refractivity contribution in [1.29, 1.82) is 0 Å². The molecule has 204 valence electrons. The van der Waals surface area contributed by atoms with Gasteiger partial charge in [-0.05, 0) is 25.3 Å². The zero-order valence-corrected chi connectivity index (χ0v) is 23.3. The van der Waals surface area contributed by atoms with Gasteiger partial charge in [-0.15, -0.1) is 11.8 Å². The van der Waals surface area contributed by atoms with E-state index >= 15 is 0 Å². The number of rotatable bonds is 8. The minimum absolute atomic E-state index is 0.00765. The first-order valence-electron chi connectivity index (χ1n) is 14.0. The number of thioether (sulfide) groups is 1.